The zero-order chi connectivity index (χ0) is 16.9. The first kappa shape index (κ1) is 17.0. The Bertz CT molecular complexity index is 662. The molecule has 0 bridgehead atoms. The number of aliphatic hydroxyl groups is 1. The summed E-state index contributed by atoms with van der Waals surface area (Å²) >= 11 is 0. The van der Waals surface area contributed by atoms with Gasteiger partial charge in [-0.25, -0.2) is 9.78 Å². The lowest BCUT2D eigenvalue weighted by Gasteiger charge is -2.25. The predicted molar refractivity (Wildman–Crippen MR) is 91.2 cm³/mol. The van der Waals surface area contributed by atoms with Crippen LogP contribution in [0.1, 0.15) is 26.7 Å². The van der Waals surface area contributed by atoms with Gasteiger partial charge in [0.2, 0.25) is 0 Å². The number of amides is 2. The molecule has 0 saturated carbocycles. The standard InChI is InChI=1S/C17H24N4O2/c1-4-17(23,5-2)12-19-16(22)20-14-8-6-7-13(11-14)15-18-9-10-21(15)3/h6-11,23H,4-5,12H2,1-3H3,(H2,19,20,22). The van der Waals surface area contributed by atoms with Gasteiger partial charge >= 0.3 is 6.03 Å². The van der Waals surface area contributed by atoms with Gasteiger partial charge in [0, 0.05) is 37.2 Å². The quantitative estimate of drug-likeness (QED) is 0.766. The molecule has 0 aliphatic rings. The molecule has 0 aliphatic heterocycles. The normalized spacial score (nSPS) is 11.3. The van der Waals surface area contributed by atoms with Crippen molar-refractivity contribution < 1.29 is 9.90 Å². The highest BCUT2D eigenvalue weighted by Gasteiger charge is 2.22. The van der Waals surface area contributed by atoms with Crippen LogP contribution in [0.15, 0.2) is 36.7 Å². The van der Waals surface area contributed by atoms with E-state index in [0.717, 1.165) is 11.4 Å². The van der Waals surface area contributed by atoms with Crippen LogP contribution in [0.5, 0.6) is 0 Å². The van der Waals surface area contributed by atoms with Crippen molar-refractivity contribution >= 4 is 11.7 Å². The van der Waals surface area contributed by atoms with Crippen molar-refractivity contribution in [1.29, 1.82) is 0 Å². The molecule has 2 amide bonds. The number of hydrogen-bond acceptors (Lipinski definition) is 3. The van der Waals surface area contributed by atoms with Crippen LogP contribution in [0.2, 0.25) is 0 Å². The molecule has 0 saturated heterocycles. The second-order valence-electron chi connectivity index (χ2n) is 5.68. The molecule has 6 heteroatoms. The number of anilines is 1. The first-order valence-corrected chi connectivity index (χ1v) is 7.82. The lowest BCUT2D eigenvalue weighted by atomic mass is 9.98. The third-order valence-electron chi connectivity index (χ3n) is 4.09. The minimum Gasteiger partial charge on any atom is -0.388 e. The molecule has 0 unspecified atom stereocenters. The number of urea groups is 1. The Kier molecular flexibility index (Phi) is 5.39. The average molecular weight is 316 g/mol. The molecule has 2 rings (SSSR count). The summed E-state index contributed by atoms with van der Waals surface area (Å²) in [6, 6.07) is 7.17. The summed E-state index contributed by atoms with van der Waals surface area (Å²) in [6.07, 6.45) is 4.80. The number of rotatable bonds is 6. The van der Waals surface area contributed by atoms with E-state index in [1.54, 1.807) is 6.20 Å². The molecule has 0 radical (unpaired) electrons. The number of imidazole rings is 1. The van der Waals surface area contributed by atoms with E-state index >= 15 is 0 Å². The molecular weight excluding hydrogens is 292 g/mol. The third kappa shape index (κ3) is 4.32. The predicted octanol–water partition coefficient (Wildman–Crippen LogP) is 2.76. The topological polar surface area (TPSA) is 79.2 Å². The minimum absolute atomic E-state index is 0.227. The van der Waals surface area contributed by atoms with Crippen LogP contribution >= 0.6 is 0 Å². The van der Waals surface area contributed by atoms with Gasteiger partial charge in [-0.2, -0.15) is 0 Å². The Hall–Kier alpha value is -2.34. The molecular formula is C17H24N4O2. The maximum atomic E-state index is 12.0. The SMILES string of the molecule is CCC(O)(CC)CNC(=O)Nc1cccc(-c2nccn2C)c1. The van der Waals surface area contributed by atoms with Crippen molar-refractivity contribution in [2.24, 2.45) is 7.05 Å². The van der Waals surface area contributed by atoms with Crippen molar-refractivity contribution in [1.82, 2.24) is 14.9 Å². The third-order valence-corrected chi connectivity index (χ3v) is 4.09. The van der Waals surface area contributed by atoms with Crippen molar-refractivity contribution in [3.05, 3.63) is 36.7 Å². The van der Waals surface area contributed by atoms with Crippen molar-refractivity contribution in [2.45, 2.75) is 32.3 Å². The fourth-order valence-electron chi connectivity index (χ4n) is 2.30. The monoisotopic (exact) mass is 316 g/mol. The van der Waals surface area contributed by atoms with Gasteiger partial charge in [-0.1, -0.05) is 26.0 Å². The molecule has 0 atom stereocenters. The molecule has 1 aromatic heterocycles. The zero-order valence-corrected chi connectivity index (χ0v) is 13.8. The number of nitrogens with one attached hydrogen (secondary N) is 2. The van der Waals surface area contributed by atoms with E-state index in [1.165, 1.54) is 0 Å². The van der Waals surface area contributed by atoms with Crippen molar-refractivity contribution in [3.63, 3.8) is 0 Å². The first-order chi connectivity index (χ1) is 11.0. The molecule has 3 N–H and O–H groups in total. The summed E-state index contributed by atoms with van der Waals surface area (Å²) in [5, 5.41) is 15.7. The Morgan fingerprint density at radius 2 is 2.09 bits per heavy atom. The van der Waals surface area contributed by atoms with Gasteiger partial charge in [-0.15, -0.1) is 0 Å². The van der Waals surface area contributed by atoms with E-state index in [9.17, 15) is 9.90 Å². The maximum Gasteiger partial charge on any atom is 0.319 e. The van der Waals surface area contributed by atoms with Crippen LogP contribution in [0.4, 0.5) is 10.5 Å². The second kappa shape index (κ2) is 7.28. The van der Waals surface area contributed by atoms with E-state index < -0.39 is 5.60 Å². The fraction of sp³-hybridized carbons (Fsp3) is 0.412. The van der Waals surface area contributed by atoms with Crippen molar-refractivity contribution in [3.8, 4) is 11.4 Å². The minimum atomic E-state index is -0.855. The summed E-state index contributed by atoms with van der Waals surface area (Å²) < 4.78 is 1.92. The molecule has 23 heavy (non-hydrogen) atoms. The maximum absolute atomic E-state index is 12.0. The van der Waals surface area contributed by atoms with Gasteiger partial charge in [0.15, 0.2) is 0 Å². The summed E-state index contributed by atoms with van der Waals surface area (Å²) in [5.41, 5.74) is 0.750. The van der Waals surface area contributed by atoms with E-state index in [1.807, 2.05) is 55.9 Å². The van der Waals surface area contributed by atoms with Gasteiger partial charge < -0.3 is 20.3 Å². The van der Waals surface area contributed by atoms with Gasteiger partial charge in [0.25, 0.3) is 0 Å². The number of carbonyl (C=O) groups excluding carboxylic acids is 1. The lowest BCUT2D eigenvalue weighted by Crippen LogP contribution is -2.43. The van der Waals surface area contributed by atoms with Gasteiger partial charge in [-0.3, -0.25) is 0 Å². The van der Waals surface area contributed by atoms with Gasteiger partial charge in [-0.05, 0) is 25.0 Å². The second-order valence-corrected chi connectivity index (χ2v) is 5.68. The van der Waals surface area contributed by atoms with Crippen molar-refractivity contribution in [2.75, 3.05) is 11.9 Å². The van der Waals surface area contributed by atoms with Crippen LogP contribution in [-0.2, 0) is 7.05 Å². The van der Waals surface area contributed by atoms with E-state index in [4.69, 9.17) is 0 Å². The van der Waals surface area contributed by atoms with Gasteiger partial charge in [0.1, 0.15) is 5.82 Å². The molecule has 124 valence electrons. The molecule has 0 spiro atoms. The summed E-state index contributed by atoms with van der Waals surface area (Å²) in [6.45, 7) is 4.03. The highest BCUT2D eigenvalue weighted by molar-refractivity contribution is 5.90. The largest absolute Gasteiger partial charge is 0.388 e. The molecule has 2 aromatic rings. The van der Waals surface area contributed by atoms with E-state index in [-0.39, 0.29) is 12.6 Å². The van der Waals surface area contributed by atoms with E-state index in [0.29, 0.717) is 18.5 Å². The first-order valence-electron chi connectivity index (χ1n) is 7.82. The van der Waals surface area contributed by atoms with Crippen LogP contribution < -0.4 is 10.6 Å². The Morgan fingerprint density at radius 1 is 1.35 bits per heavy atom. The number of nitrogens with zero attached hydrogens (tertiary/aromatic N) is 2. The van der Waals surface area contributed by atoms with Crippen LogP contribution in [0.3, 0.4) is 0 Å². The number of carbonyl (C=O) groups is 1. The van der Waals surface area contributed by atoms with E-state index in [2.05, 4.69) is 15.6 Å². The highest BCUT2D eigenvalue weighted by Crippen LogP contribution is 2.20. The smallest absolute Gasteiger partial charge is 0.319 e. The average Bonchev–Trinajstić information content (AvgIpc) is 2.99. The number of benzene rings is 1. The highest BCUT2D eigenvalue weighted by atomic mass is 16.3. The molecule has 0 fully saturated rings. The summed E-state index contributed by atoms with van der Waals surface area (Å²) in [7, 11) is 1.92. The zero-order valence-electron chi connectivity index (χ0n) is 13.8. The fourth-order valence-corrected chi connectivity index (χ4v) is 2.30. The molecule has 1 heterocycles. The Labute approximate surface area is 136 Å². The van der Waals surface area contributed by atoms with Gasteiger partial charge in [0.05, 0.1) is 5.60 Å². The lowest BCUT2D eigenvalue weighted by molar-refractivity contribution is 0.0354. The number of aromatic nitrogens is 2. The molecule has 6 nitrogen and oxygen atoms in total. The summed E-state index contributed by atoms with van der Waals surface area (Å²) in [5.74, 6) is 0.834. The van der Waals surface area contributed by atoms with Crippen LogP contribution in [0.25, 0.3) is 11.4 Å². The molecule has 0 aliphatic carbocycles. The Morgan fingerprint density at radius 3 is 2.70 bits per heavy atom. The van der Waals surface area contributed by atoms with Crippen LogP contribution in [-0.4, -0.2) is 32.8 Å². The molecule has 1 aromatic carbocycles. The summed E-state index contributed by atoms with van der Waals surface area (Å²) in [4.78, 5) is 16.3. The number of aryl methyl sites for hydroxylation is 1. The number of hydrogen-bond donors (Lipinski definition) is 3. The Balaban J connectivity index is 2.01. The van der Waals surface area contributed by atoms with Crippen LogP contribution in [0, 0.1) is 0 Å².